The highest BCUT2D eigenvalue weighted by Crippen LogP contribution is 2.26. The lowest BCUT2D eigenvalue weighted by Crippen LogP contribution is -2.06. The minimum atomic E-state index is 0.802. The molecule has 0 spiro atoms. The maximum atomic E-state index is 4.54. The third-order valence-corrected chi connectivity index (χ3v) is 3.37. The summed E-state index contributed by atoms with van der Waals surface area (Å²) in [7, 11) is 3.93. The van der Waals surface area contributed by atoms with Crippen LogP contribution in [0.4, 0.5) is 0 Å². The van der Waals surface area contributed by atoms with Gasteiger partial charge in [0, 0.05) is 23.6 Å². The quantitative estimate of drug-likeness (QED) is 0.943. The molecule has 90 valence electrons. The molecule has 4 heteroatoms. The van der Waals surface area contributed by atoms with Crippen LogP contribution >= 0.6 is 15.9 Å². The minimum absolute atomic E-state index is 0.802. The molecule has 0 atom stereocenters. The Bertz CT molecular complexity index is 514. The van der Waals surface area contributed by atoms with Crippen LogP contribution in [-0.4, -0.2) is 16.8 Å². The van der Waals surface area contributed by atoms with Gasteiger partial charge in [-0.3, -0.25) is 4.68 Å². The SMILES string of the molecule is CNCc1nn(C)c(-c2ccc(Br)cc2)c1C. The molecule has 1 heterocycles. The van der Waals surface area contributed by atoms with E-state index in [0.717, 1.165) is 16.7 Å². The standard InChI is InChI=1S/C13H16BrN3/c1-9-12(8-15-2)16-17(3)13(9)10-4-6-11(14)7-5-10/h4-7,15H,8H2,1-3H3. The molecule has 1 N–H and O–H groups in total. The van der Waals surface area contributed by atoms with Crippen LogP contribution in [0.25, 0.3) is 11.3 Å². The highest BCUT2D eigenvalue weighted by molar-refractivity contribution is 9.10. The van der Waals surface area contributed by atoms with E-state index >= 15 is 0 Å². The molecule has 0 aliphatic heterocycles. The lowest BCUT2D eigenvalue weighted by molar-refractivity contribution is 0.715. The van der Waals surface area contributed by atoms with Gasteiger partial charge in [-0.1, -0.05) is 28.1 Å². The fraction of sp³-hybridized carbons (Fsp3) is 0.308. The maximum Gasteiger partial charge on any atom is 0.0797 e. The van der Waals surface area contributed by atoms with E-state index in [9.17, 15) is 0 Å². The van der Waals surface area contributed by atoms with Crippen LogP contribution in [-0.2, 0) is 13.6 Å². The Morgan fingerprint density at radius 3 is 2.53 bits per heavy atom. The summed E-state index contributed by atoms with van der Waals surface area (Å²) in [6, 6.07) is 8.33. The fourth-order valence-electron chi connectivity index (χ4n) is 2.03. The Kier molecular flexibility index (Phi) is 3.64. The van der Waals surface area contributed by atoms with E-state index in [2.05, 4.69) is 57.5 Å². The van der Waals surface area contributed by atoms with E-state index in [1.54, 1.807) is 0 Å². The third kappa shape index (κ3) is 2.42. The Morgan fingerprint density at radius 2 is 1.94 bits per heavy atom. The smallest absolute Gasteiger partial charge is 0.0797 e. The van der Waals surface area contributed by atoms with Crippen molar-refractivity contribution in [2.24, 2.45) is 7.05 Å². The van der Waals surface area contributed by atoms with E-state index in [0.29, 0.717) is 0 Å². The molecule has 2 aromatic rings. The zero-order valence-electron chi connectivity index (χ0n) is 10.3. The summed E-state index contributed by atoms with van der Waals surface area (Å²) in [5, 5.41) is 7.68. The van der Waals surface area contributed by atoms with Crippen LogP contribution in [0.3, 0.4) is 0 Å². The Balaban J connectivity index is 2.48. The molecule has 0 radical (unpaired) electrons. The first kappa shape index (κ1) is 12.3. The molecular formula is C13H16BrN3. The zero-order chi connectivity index (χ0) is 12.4. The van der Waals surface area contributed by atoms with E-state index < -0.39 is 0 Å². The first-order valence-corrected chi connectivity index (χ1v) is 6.35. The molecule has 0 unspecified atom stereocenters. The number of benzene rings is 1. The summed E-state index contributed by atoms with van der Waals surface area (Å²) in [5.74, 6) is 0. The average Bonchev–Trinajstić information content (AvgIpc) is 2.57. The molecule has 3 nitrogen and oxygen atoms in total. The van der Waals surface area contributed by atoms with Gasteiger partial charge in [0.25, 0.3) is 0 Å². The summed E-state index contributed by atoms with van der Waals surface area (Å²) in [4.78, 5) is 0. The van der Waals surface area contributed by atoms with Crippen molar-refractivity contribution in [3.8, 4) is 11.3 Å². The minimum Gasteiger partial charge on any atom is -0.314 e. The van der Waals surface area contributed by atoms with Crippen molar-refractivity contribution in [2.75, 3.05) is 7.05 Å². The van der Waals surface area contributed by atoms with Crippen LogP contribution in [0.15, 0.2) is 28.7 Å². The van der Waals surface area contributed by atoms with Crippen molar-refractivity contribution in [3.63, 3.8) is 0 Å². The van der Waals surface area contributed by atoms with Crippen LogP contribution in [0.2, 0.25) is 0 Å². The number of rotatable bonds is 3. The third-order valence-electron chi connectivity index (χ3n) is 2.84. The number of halogens is 1. The molecule has 0 aliphatic carbocycles. The first-order valence-electron chi connectivity index (χ1n) is 5.56. The molecule has 0 bridgehead atoms. The van der Waals surface area contributed by atoms with Crippen molar-refractivity contribution in [3.05, 3.63) is 40.0 Å². The second-order valence-corrected chi connectivity index (χ2v) is 5.00. The second kappa shape index (κ2) is 5.02. The summed E-state index contributed by atoms with van der Waals surface area (Å²) < 4.78 is 3.04. The average molecular weight is 294 g/mol. The predicted octanol–water partition coefficient (Wildman–Crippen LogP) is 2.88. The molecule has 0 amide bonds. The normalized spacial score (nSPS) is 10.8. The second-order valence-electron chi connectivity index (χ2n) is 4.08. The van der Waals surface area contributed by atoms with Gasteiger partial charge in [0.1, 0.15) is 0 Å². The maximum absolute atomic E-state index is 4.54. The van der Waals surface area contributed by atoms with Crippen molar-refractivity contribution < 1.29 is 0 Å². The summed E-state index contributed by atoms with van der Waals surface area (Å²) in [6.45, 7) is 2.92. The first-order chi connectivity index (χ1) is 8.13. The number of aryl methyl sites for hydroxylation is 1. The summed E-state index contributed by atoms with van der Waals surface area (Å²) >= 11 is 3.45. The van der Waals surface area contributed by atoms with Crippen molar-refractivity contribution in [1.29, 1.82) is 0 Å². The lowest BCUT2D eigenvalue weighted by Gasteiger charge is -2.04. The summed E-state index contributed by atoms with van der Waals surface area (Å²) in [5.41, 5.74) is 4.72. The Morgan fingerprint density at radius 1 is 1.29 bits per heavy atom. The van der Waals surface area contributed by atoms with Crippen molar-refractivity contribution in [2.45, 2.75) is 13.5 Å². The molecule has 1 aromatic heterocycles. The molecule has 0 fully saturated rings. The van der Waals surface area contributed by atoms with Crippen LogP contribution < -0.4 is 5.32 Å². The van der Waals surface area contributed by atoms with Crippen molar-refractivity contribution in [1.82, 2.24) is 15.1 Å². The van der Waals surface area contributed by atoms with Gasteiger partial charge in [-0.05, 0) is 31.7 Å². The monoisotopic (exact) mass is 293 g/mol. The molecule has 0 aliphatic rings. The highest BCUT2D eigenvalue weighted by atomic mass is 79.9. The van der Waals surface area contributed by atoms with E-state index in [1.807, 2.05) is 18.8 Å². The summed E-state index contributed by atoms with van der Waals surface area (Å²) in [6.07, 6.45) is 0. The Labute approximate surface area is 110 Å². The number of hydrogen-bond donors (Lipinski definition) is 1. The molecule has 17 heavy (non-hydrogen) atoms. The molecular weight excluding hydrogens is 278 g/mol. The number of nitrogens with zero attached hydrogens (tertiary/aromatic N) is 2. The fourth-order valence-corrected chi connectivity index (χ4v) is 2.30. The van der Waals surface area contributed by atoms with Gasteiger partial charge in [0.2, 0.25) is 0 Å². The van der Waals surface area contributed by atoms with Gasteiger partial charge >= 0.3 is 0 Å². The van der Waals surface area contributed by atoms with Gasteiger partial charge in [0.15, 0.2) is 0 Å². The molecule has 2 rings (SSSR count). The number of hydrogen-bond acceptors (Lipinski definition) is 2. The lowest BCUT2D eigenvalue weighted by atomic mass is 10.1. The van der Waals surface area contributed by atoms with E-state index in [1.165, 1.54) is 16.8 Å². The van der Waals surface area contributed by atoms with Crippen LogP contribution in [0, 0.1) is 6.92 Å². The van der Waals surface area contributed by atoms with Crippen molar-refractivity contribution >= 4 is 15.9 Å². The van der Waals surface area contributed by atoms with Gasteiger partial charge in [-0.15, -0.1) is 0 Å². The molecule has 0 saturated heterocycles. The van der Waals surface area contributed by atoms with Gasteiger partial charge < -0.3 is 5.32 Å². The van der Waals surface area contributed by atoms with Gasteiger partial charge in [0.05, 0.1) is 11.4 Å². The van der Waals surface area contributed by atoms with Gasteiger partial charge in [-0.2, -0.15) is 5.10 Å². The predicted molar refractivity (Wildman–Crippen MR) is 73.8 cm³/mol. The largest absolute Gasteiger partial charge is 0.314 e. The van der Waals surface area contributed by atoms with E-state index in [-0.39, 0.29) is 0 Å². The highest BCUT2D eigenvalue weighted by Gasteiger charge is 2.12. The number of aromatic nitrogens is 2. The van der Waals surface area contributed by atoms with Crippen LogP contribution in [0.1, 0.15) is 11.3 Å². The molecule has 0 saturated carbocycles. The topological polar surface area (TPSA) is 29.9 Å². The van der Waals surface area contributed by atoms with Gasteiger partial charge in [-0.25, -0.2) is 0 Å². The van der Waals surface area contributed by atoms with Crippen LogP contribution in [0.5, 0.6) is 0 Å². The van der Waals surface area contributed by atoms with E-state index in [4.69, 9.17) is 0 Å². The molecule has 1 aromatic carbocycles. The number of nitrogens with one attached hydrogen (secondary N) is 1. The zero-order valence-corrected chi connectivity index (χ0v) is 11.9. The Hall–Kier alpha value is -1.13.